The van der Waals surface area contributed by atoms with E-state index in [9.17, 15) is 0 Å². The monoisotopic (exact) mass is 197 g/mol. The van der Waals surface area contributed by atoms with Crippen LogP contribution >= 0.6 is 0 Å². The third-order valence-electron chi connectivity index (χ3n) is 3.76. The SMILES string of the molecule is CC1CCCCC1OCC(N)C1CC1. The molecule has 2 heteroatoms. The molecule has 0 radical (unpaired) electrons. The minimum atomic E-state index is 0.309. The van der Waals surface area contributed by atoms with Gasteiger partial charge in [-0.2, -0.15) is 0 Å². The Kier molecular flexibility index (Phi) is 3.45. The number of ether oxygens (including phenoxy) is 1. The van der Waals surface area contributed by atoms with E-state index in [0.717, 1.165) is 18.4 Å². The lowest BCUT2D eigenvalue weighted by Crippen LogP contribution is -2.34. The maximum absolute atomic E-state index is 6.02. The van der Waals surface area contributed by atoms with E-state index in [1.807, 2.05) is 0 Å². The van der Waals surface area contributed by atoms with Crippen molar-refractivity contribution < 1.29 is 4.74 Å². The fourth-order valence-corrected chi connectivity index (χ4v) is 2.43. The molecule has 0 amide bonds. The zero-order chi connectivity index (χ0) is 9.97. The Morgan fingerprint density at radius 3 is 2.57 bits per heavy atom. The topological polar surface area (TPSA) is 35.2 Å². The van der Waals surface area contributed by atoms with Crippen molar-refractivity contribution in [3.05, 3.63) is 0 Å². The molecule has 2 aliphatic carbocycles. The Hall–Kier alpha value is -0.0800. The van der Waals surface area contributed by atoms with Crippen LogP contribution in [-0.4, -0.2) is 18.8 Å². The average molecular weight is 197 g/mol. The van der Waals surface area contributed by atoms with Crippen molar-refractivity contribution in [2.24, 2.45) is 17.6 Å². The Labute approximate surface area is 87.2 Å². The number of hydrogen-bond acceptors (Lipinski definition) is 2. The van der Waals surface area contributed by atoms with Crippen LogP contribution < -0.4 is 5.73 Å². The zero-order valence-corrected chi connectivity index (χ0v) is 9.24. The Morgan fingerprint density at radius 2 is 1.93 bits per heavy atom. The largest absolute Gasteiger partial charge is 0.376 e. The minimum Gasteiger partial charge on any atom is -0.376 e. The third kappa shape index (κ3) is 2.71. The van der Waals surface area contributed by atoms with E-state index in [1.165, 1.54) is 38.5 Å². The van der Waals surface area contributed by atoms with Gasteiger partial charge in [0.25, 0.3) is 0 Å². The second-order valence-corrected chi connectivity index (χ2v) is 5.13. The van der Waals surface area contributed by atoms with Crippen molar-refractivity contribution in [1.82, 2.24) is 0 Å². The smallest absolute Gasteiger partial charge is 0.0624 e. The molecular formula is C12H23NO. The van der Waals surface area contributed by atoms with Crippen LogP contribution in [0.1, 0.15) is 45.4 Å². The van der Waals surface area contributed by atoms with E-state index in [1.54, 1.807) is 0 Å². The molecule has 2 N–H and O–H groups in total. The van der Waals surface area contributed by atoms with Crippen LogP contribution in [0.15, 0.2) is 0 Å². The molecule has 0 aromatic heterocycles. The fraction of sp³-hybridized carbons (Fsp3) is 1.00. The number of hydrogen-bond donors (Lipinski definition) is 1. The molecule has 82 valence electrons. The second-order valence-electron chi connectivity index (χ2n) is 5.13. The van der Waals surface area contributed by atoms with Crippen LogP contribution in [0.5, 0.6) is 0 Å². The number of nitrogens with two attached hydrogens (primary N) is 1. The van der Waals surface area contributed by atoms with Crippen LogP contribution in [0, 0.1) is 11.8 Å². The summed E-state index contributed by atoms with van der Waals surface area (Å²) in [4.78, 5) is 0. The maximum atomic E-state index is 6.02. The van der Waals surface area contributed by atoms with Gasteiger partial charge in [-0.1, -0.05) is 19.8 Å². The summed E-state index contributed by atoms with van der Waals surface area (Å²) >= 11 is 0. The quantitative estimate of drug-likeness (QED) is 0.750. The molecule has 2 rings (SSSR count). The summed E-state index contributed by atoms with van der Waals surface area (Å²) in [5.41, 5.74) is 6.02. The third-order valence-corrected chi connectivity index (χ3v) is 3.76. The van der Waals surface area contributed by atoms with Gasteiger partial charge in [0.05, 0.1) is 12.7 Å². The molecule has 0 aliphatic heterocycles. The van der Waals surface area contributed by atoms with Gasteiger partial charge >= 0.3 is 0 Å². The molecule has 14 heavy (non-hydrogen) atoms. The lowest BCUT2D eigenvalue weighted by atomic mass is 9.88. The molecule has 0 aromatic rings. The highest BCUT2D eigenvalue weighted by Gasteiger charge is 2.30. The standard InChI is InChI=1S/C12H23NO/c1-9-4-2-3-5-12(9)14-8-11(13)10-6-7-10/h9-12H,2-8,13H2,1H3. The number of rotatable bonds is 4. The van der Waals surface area contributed by atoms with Gasteiger partial charge < -0.3 is 10.5 Å². The fourth-order valence-electron chi connectivity index (χ4n) is 2.43. The first kappa shape index (κ1) is 10.4. The van der Waals surface area contributed by atoms with Gasteiger partial charge in [0, 0.05) is 6.04 Å². The molecule has 3 atom stereocenters. The van der Waals surface area contributed by atoms with Crippen LogP contribution in [0.4, 0.5) is 0 Å². The Morgan fingerprint density at radius 1 is 1.21 bits per heavy atom. The summed E-state index contributed by atoms with van der Waals surface area (Å²) in [6.07, 6.45) is 8.45. The summed E-state index contributed by atoms with van der Waals surface area (Å²) in [7, 11) is 0. The Balaban J connectivity index is 1.67. The highest BCUT2D eigenvalue weighted by molar-refractivity contribution is 4.84. The predicted octanol–water partition coefficient (Wildman–Crippen LogP) is 2.32. The molecule has 0 aromatic carbocycles. The van der Waals surface area contributed by atoms with Gasteiger partial charge in [-0.05, 0) is 37.5 Å². The van der Waals surface area contributed by atoms with Crippen LogP contribution in [0.3, 0.4) is 0 Å². The lowest BCUT2D eigenvalue weighted by Gasteiger charge is -2.29. The molecule has 0 bridgehead atoms. The minimum absolute atomic E-state index is 0.309. The van der Waals surface area contributed by atoms with Crippen molar-refractivity contribution in [2.75, 3.05) is 6.61 Å². The summed E-state index contributed by atoms with van der Waals surface area (Å²) in [5.74, 6) is 1.52. The van der Waals surface area contributed by atoms with Crippen molar-refractivity contribution in [1.29, 1.82) is 0 Å². The highest BCUT2D eigenvalue weighted by Crippen LogP contribution is 2.32. The first-order valence-corrected chi connectivity index (χ1v) is 6.14. The van der Waals surface area contributed by atoms with E-state index in [-0.39, 0.29) is 0 Å². The lowest BCUT2D eigenvalue weighted by molar-refractivity contribution is -0.0130. The van der Waals surface area contributed by atoms with E-state index in [4.69, 9.17) is 10.5 Å². The van der Waals surface area contributed by atoms with E-state index in [2.05, 4.69) is 6.92 Å². The van der Waals surface area contributed by atoms with Gasteiger partial charge in [-0.15, -0.1) is 0 Å². The van der Waals surface area contributed by atoms with E-state index >= 15 is 0 Å². The summed E-state index contributed by atoms with van der Waals surface area (Å²) in [6, 6.07) is 0.309. The molecule has 2 fully saturated rings. The molecular weight excluding hydrogens is 174 g/mol. The summed E-state index contributed by atoms with van der Waals surface area (Å²) in [6.45, 7) is 3.10. The first-order chi connectivity index (χ1) is 6.77. The highest BCUT2D eigenvalue weighted by atomic mass is 16.5. The van der Waals surface area contributed by atoms with Crippen LogP contribution in [0.25, 0.3) is 0 Å². The second kappa shape index (κ2) is 4.63. The molecule has 0 saturated heterocycles. The van der Waals surface area contributed by atoms with Crippen molar-refractivity contribution in [3.63, 3.8) is 0 Å². The predicted molar refractivity (Wildman–Crippen MR) is 58.1 cm³/mol. The molecule has 3 unspecified atom stereocenters. The van der Waals surface area contributed by atoms with E-state index in [0.29, 0.717) is 12.1 Å². The normalized spacial score (nSPS) is 35.6. The van der Waals surface area contributed by atoms with Crippen molar-refractivity contribution >= 4 is 0 Å². The average Bonchev–Trinajstić information content (AvgIpc) is 2.99. The van der Waals surface area contributed by atoms with Crippen LogP contribution in [0.2, 0.25) is 0 Å². The van der Waals surface area contributed by atoms with Gasteiger partial charge in [-0.3, -0.25) is 0 Å². The van der Waals surface area contributed by atoms with Crippen molar-refractivity contribution in [2.45, 2.75) is 57.6 Å². The van der Waals surface area contributed by atoms with Gasteiger partial charge in [0.2, 0.25) is 0 Å². The Bertz CT molecular complexity index is 179. The maximum Gasteiger partial charge on any atom is 0.0624 e. The first-order valence-electron chi connectivity index (χ1n) is 6.14. The van der Waals surface area contributed by atoms with Gasteiger partial charge in [0.15, 0.2) is 0 Å². The van der Waals surface area contributed by atoms with Crippen molar-refractivity contribution in [3.8, 4) is 0 Å². The molecule has 0 spiro atoms. The van der Waals surface area contributed by atoms with Gasteiger partial charge in [0.1, 0.15) is 0 Å². The zero-order valence-electron chi connectivity index (χ0n) is 9.24. The molecule has 2 saturated carbocycles. The summed E-state index contributed by atoms with van der Waals surface area (Å²) in [5, 5.41) is 0. The molecule has 2 nitrogen and oxygen atoms in total. The summed E-state index contributed by atoms with van der Waals surface area (Å²) < 4.78 is 5.93. The van der Waals surface area contributed by atoms with E-state index < -0.39 is 0 Å². The van der Waals surface area contributed by atoms with Crippen LogP contribution in [-0.2, 0) is 4.74 Å². The molecule has 2 aliphatic rings. The van der Waals surface area contributed by atoms with Gasteiger partial charge in [-0.25, -0.2) is 0 Å². The molecule has 0 heterocycles.